The fourth-order valence-electron chi connectivity index (χ4n) is 3.56. The Morgan fingerprint density at radius 2 is 1.62 bits per heavy atom. The second-order valence-electron chi connectivity index (χ2n) is 8.89. The van der Waals surface area contributed by atoms with Gasteiger partial charge in [0.25, 0.3) is 5.91 Å². The van der Waals surface area contributed by atoms with Gasteiger partial charge in [-0.25, -0.2) is 0 Å². The van der Waals surface area contributed by atoms with Gasteiger partial charge in [0, 0.05) is 44.4 Å². The maximum atomic E-state index is 12.5. The molecule has 0 radical (unpaired) electrons. The summed E-state index contributed by atoms with van der Waals surface area (Å²) in [5, 5.41) is 6.51. The van der Waals surface area contributed by atoms with Crippen molar-refractivity contribution in [3.63, 3.8) is 0 Å². The summed E-state index contributed by atoms with van der Waals surface area (Å²) in [7, 11) is 0. The molecule has 32 heavy (non-hydrogen) atoms. The molecule has 2 aromatic rings. The predicted octanol–water partition coefficient (Wildman–Crippen LogP) is 4.43. The van der Waals surface area contributed by atoms with Gasteiger partial charge in [-0.2, -0.15) is 0 Å². The number of rotatable bonds is 3. The molecular formula is C24H29ClN4O2S. The van der Waals surface area contributed by atoms with Crippen molar-refractivity contribution in [2.24, 2.45) is 0 Å². The topological polar surface area (TPSA) is 64.7 Å². The van der Waals surface area contributed by atoms with Gasteiger partial charge in [-0.15, -0.1) is 0 Å². The van der Waals surface area contributed by atoms with Crippen LogP contribution >= 0.6 is 23.8 Å². The molecule has 1 fully saturated rings. The Labute approximate surface area is 199 Å². The van der Waals surface area contributed by atoms with Gasteiger partial charge in [-0.05, 0) is 53.5 Å². The molecule has 0 saturated carbocycles. The molecule has 8 heteroatoms. The molecule has 6 nitrogen and oxygen atoms in total. The Balaban J connectivity index is 1.58. The Bertz CT molecular complexity index is 1010. The van der Waals surface area contributed by atoms with Crippen LogP contribution < -0.4 is 15.5 Å². The third-order valence-corrected chi connectivity index (χ3v) is 6.02. The summed E-state index contributed by atoms with van der Waals surface area (Å²) in [5.74, 6) is -0.176. The van der Waals surface area contributed by atoms with E-state index < -0.39 is 0 Å². The summed E-state index contributed by atoms with van der Waals surface area (Å²) < 4.78 is 0. The van der Waals surface area contributed by atoms with E-state index >= 15 is 0 Å². The molecule has 2 aromatic carbocycles. The third kappa shape index (κ3) is 5.99. The van der Waals surface area contributed by atoms with Crippen LogP contribution in [0.25, 0.3) is 0 Å². The molecule has 1 aliphatic rings. The van der Waals surface area contributed by atoms with Crippen molar-refractivity contribution in [2.75, 3.05) is 36.4 Å². The number of benzene rings is 2. The molecule has 1 heterocycles. The summed E-state index contributed by atoms with van der Waals surface area (Å²) in [6.45, 7) is 10.8. The molecule has 0 atom stereocenters. The molecule has 1 saturated heterocycles. The summed E-state index contributed by atoms with van der Waals surface area (Å²) in [6, 6.07) is 13.1. The van der Waals surface area contributed by atoms with E-state index in [1.165, 1.54) is 0 Å². The van der Waals surface area contributed by atoms with Crippen LogP contribution in [0.2, 0.25) is 5.02 Å². The molecule has 3 rings (SSSR count). The van der Waals surface area contributed by atoms with Crippen LogP contribution in [0.15, 0.2) is 42.5 Å². The number of thiocarbonyl (C=S) groups is 1. The minimum absolute atomic E-state index is 0.0261. The number of hydrogen-bond acceptors (Lipinski definition) is 4. The summed E-state index contributed by atoms with van der Waals surface area (Å²) in [6.07, 6.45) is 0. The van der Waals surface area contributed by atoms with E-state index in [4.69, 9.17) is 23.8 Å². The highest BCUT2D eigenvalue weighted by Crippen LogP contribution is 2.29. The number of piperazine rings is 1. The monoisotopic (exact) mass is 472 g/mol. The van der Waals surface area contributed by atoms with Gasteiger partial charge in [-0.1, -0.05) is 44.5 Å². The SMILES string of the molecule is CC(=O)N1CCN(c2ccc(NC(=S)NC(=O)c3ccc(C(C)(C)C)cc3)cc2Cl)CC1. The normalized spacial score (nSPS) is 14.2. The highest BCUT2D eigenvalue weighted by Gasteiger charge is 2.20. The van der Waals surface area contributed by atoms with E-state index in [1.54, 1.807) is 25.1 Å². The first-order chi connectivity index (χ1) is 15.0. The van der Waals surface area contributed by atoms with E-state index in [0.29, 0.717) is 29.4 Å². The number of anilines is 2. The van der Waals surface area contributed by atoms with Crippen LogP contribution in [0, 0.1) is 0 Å². The van der Waals surface area contributed by atoms with E-state index in [1.807, 2.05) is 29.2 Å². The zero-order valence-corrected chi connectivity index (χ0v) is 20.4. The number of nitrogens with one attached hydrogen (secondary N) is 2. The first-order valence-corrected chi connectivity index (χ1v) is 11.4. The highest BCUT2D eigenvalue weighted by atomic mass is 35.5. The molecule has 2 amide bonds. The van der Waals surface area contributed by atoms with Gasteiger partial charge in [0.05, 0.1) is 10.7 Å². The molecule has 0 aliphatic carbocycles. The molecule has 170 valence electrons. The van der Waals surface area contributed by atoms with Gasteiger partial charge in [-0.3, -0.25) is 14.9 Å². The number of carbonyl (C=O) groups is 2. The molecule has 0 aromatic heterocycles. The molecular weight excluding hydrogens is 444 g/mol. The average Bonchev–Trinajstić information content (AvgIpc) is 2.73. The van der Waals surface area contributed by atoms with E-state index in [2.05, 4.69) is 36.3 Å². The first kappa shape index (κ1) is 24.0. The van der Waals surface area contributed by atoms with Crippen molar-refractivity contribution in [3.05, 3.63) is 58.6 Å². The number of carbonyl (C=O) groups excluding carboxylic acids is 2. The quantitative estimate of drug-likeness (QED) is 0.647. The highest BCUT2D eigenvalue weighted by molar-refractivity contribution is 7.80. The maximum Gasteiger partial charge on any atom is 0.257 e. The fourth-order valence-corrected chi connectivity index (χ4v) is 4.07. The standard InChI is InChI=1S/C24H29ClN4O2S/c1-16(30)28-11-13-29(14-12-28)21-10-9-19(15-20(21)25)26-23(32)27-22(31)17-5-7-18(8-6-17)24(2,3)4/h5-10,15H,11-14H2,1-4H3,(H2,26,27,31,32). The van der Waals surface area contributed by atoms with E-state index in [-0.39, 0.29) is 22.3 Å². The van der Waals surface area contributed by atoms with Crippen molar-refractivity contribution in [3.8, 4) is 0 Å². The number of halogens is 1. The van der Waals surface area contributed by atoms with Crippen LogP contribution in [-0.4, -0.2) is 48.0 Å². The molecule has 0 unspecified atom stereocenters. The lowest BCUT2D eigenvalue weighted by Crippen LogP contribution is -2.48. The van der Waals surface area contributed by atoms with Gasteiger partial charge in [0.2, 0.25) is 5.91 Å². The zero-order valence-electron chi connectivity index (χ0n) is 18.9. The first-order valence-electron chi connectivity index (χ1n) is 10.6. The van der Waals surface area contributed by atoms with Crippen LogP contribution in [0.3, 0.4) is 0 Å². The molecule has 1 aliphatic heterocycles. The van der Waals surface area contributed by atoms with E-state index in [9.17, 15) is 9.59 Å². The van der Waals surface area contributed by atoms with Crippen molar-refractivity contribution >= 4 is 52.1 Å². The Hall–Kier alpha value is -2.64. The van der Waals surface area contributed by atoms with Crippen molar-refractivity contribution in [1.82, 2.24) is 10.2 Å². The molecule has 0 spiro atoms. The number of hydrogen-bond donors (Lipinski definition) is 2. The van der Waals surface area contributed by atoms with Crippen LogP contribution in [0.1, 0.15) is 43.6 Å². The van der Waals surface area contributed by atoms with Crippen LogP contribution in [0.4, 0.5) is 11.4 Å². The van der Waals surface area contributed by atoms with Crippen LogP contribution in [0.5, 0.6) is 0 Å². The predicted molar refractivity (Wildman–Crippen MR) is 135 cm³/mol. The summed E-state index contributed by atoms with van der Waals surface area (Å²) in [4.78, 5) is 28.0. The van der Waals surface area contributed by atoms with Crippen molar-refractivity contribution < 1.29 is 9.59 Å². The van der Waals surface area contributed by atoms with Crippen molar-refractivity contribution in [2.45, 2.75) is 33.1 Å². The lowest BCUT2D eigenvalue weighted by atomic mass is 9.87. The fraction of sp³-hybridized carbons (Fsp3) is 0.375. The van der Waals surface area contributed by atoms with E-state index in [0.717, 1.165) is 24.3 Å². The van der Waals surface area contributed by atoms with Gasteiger partial charge in [0.15, 0.2) is 5.11 Å². The lowest BCUT2D eigenvalue weighted by molar-refractivity contribution is -0.129. The second-order valence-corrected chi connectivity index (χ2v) is 9.71. The second kappa shape index (κ2) is 9.88. The summed E-state index contributed by atoms with van der Waals surface area (Å²) >= 11 is 11.8. The molecule has 2 N–H and O–H groups in total. The summed E-state index contributed by atoms with van der Waals surface area (Å²) in [5.41, 5.74) is 3.33. The zero-order chi connectivity index (χ0) is 23.5. The Morgan fingerprint density at radius 1 is 1.00 bits per heavy atom. The third-order valence-electron chi connectivity index (χ3n) is 5.51. The molecule has 0 bridgehead atoms. The van der Waals surface area contributed by atoms with Gasteiger partial charge in [0.1, 0.15) is 0 Å². The smallest absolute Gasteiger partial charge is 0.257 e. The van der Waals surface area contributed by atoms with Crippen molar-refractivity contribution in [1.29, 1.82) is 0 Å². The largest absolute Gasteiger partial charge is 0.367 e. The van der Waals surface area contributed by atoms with Crippen LogP contribution in [-0.2, 0) is 10.2 Å². The minimum atomic E-state index is -0.269. The number of amides is 2. The lowest BCUT2D eigenvalue weighted by Gasteiger charge is -2.36. The Kier molecular flexibility index (Phi) is 7.41. The van der Waals surface area contributed by atoms with Gasteiger partial charge >= 0.3 is 0 Å². The minimum Gasteiger partial charge on any atom is -0.367 e. The Morgan fingerprint density at radius 3 is 2.16 bits per heavy atom. The maximum absolute atomic E-state index is 12.5. The van der Waals surface area contributed by atoms with Gasteiger partial charge < -0.3 is 15.1 Å². The average molecular weight is 473 g/mol. The number of nitrogens with zero attached hydrogens (tertiary/aromatic N) is 2.